The second-order valence-corrected chi connectivity index (χ2v) is 4.87. The van der Waals surface area contributed by atoms with Crippen LogP contribution >= 0.6 is 27.5 Å². The molecule has 0 amide bonds. The molecule has 1 N–H and O–H groups in total. The molecule has 0 saturated carbocycles. The first-order valence-electron chi connectivity index (χ1n) is 4.98. The topological polar surface area (TPSA) is 59.9 Å². The van der Waals surface area contributed by atoms with Crippen LogP contribution in [0.5, 0.6) is 0 Å². The van der Waals surface area contributed by atoms with Crippen LogP contribution in [-0.4, -0.2) is 34.6 Å². The van der Waals surface area contributed by atoms with Gasteiger partial charge in [0.05, 0.1) is 6.61 Å². The Hall–Kier alpha value is -1.05. The molecule has 0 unspecified atom stereocenters. The van der Waals surface area contributed by atoms with Crippen molar-refractivity contribution in [2.24, 2.45) is 0 Å². The van der Waals surface area contributed by atoms with Gasteiger partial charge in [-0.15, -0.1) is 0 Å². The van der Waals surface area contributed by atoms with Gasteiger partial charge in [-0.1, -0.05) is 0 Å². The molecule has 0 aliphatic rings. The Morgan fingerprint density at radius 2 is 2.35 bits per heavy atom. The second kappa shape index (κ2) is 6.04. The molecule has 90 valence electrons. The van der Waals surface area contributed by atoms with Gasteiger partial charge in [-0.3, -0.25) is 4.98 Å². The number of pyridine rings is 1. The Morgan fingerprint density at radius 3 is 3.06 bits per heavy atom. The minimum absolute atomic E-state index is 0.641. The Morgan fingerprint density at radius 1 is 1.47 bits per heavy atom. The minimum Gasteiger partial charge on any atom is -0.383 e. The van der Waals surface area contributed by atoms with Crippen LogP contribution in [0.1, 0.15) is 0 Å². The van der Waals surface area contributed by atoms with E-state index in [2.05, 4.69) is 35.6 Å². The molecule has 2 aromatic heterocycles. The van der Waals surface area contributed by atoms with Crippen molar-refractivity contribution in [2.75, 3.05) is 25.6 Å². The van der Waals surface area contributed by atoms with Crippen molar-refractivity contribution < 1.29 is 4.74 Å². The molecule has 2 heterocycles. The van der Waals surface area contributed by atoms with Gasteiger partial charge in [0.15, 0.2) is 5.82 Å². The molecular formula is C10H11BrN4OS. The summed E-state index contributed by atoms with van der Waals surface area (Å²) in [4.78, 5) is 8.59. The molecule has 0 saturated heterocycles. The van der Waals surface area contributed by atoms with E-state index in [-0.39, 0.29) is 0 Å². The van der Waals surface area contributed by atoms with E-state index in [0.717, 1.165) is 21.8 Å². The number of halogens is 1. The zero-order chi connectivity index (χ0) is 12.1. The van der Waals surface area contributed by atoms with E-state index in [0.29, 0.717) is 12.4 Å². The molecule has 17 heavy (non-hydrogen) atoms. The number of ether oxygens (including phenoxy) is 1. The van der Waals surface area contributed by atoms with Crippen LogP contribution in [0.4, 0.5) is 5.13 Å². The highest BCUT2D eigenvalue weighted by molar-refractivity contribution is 9.10. The van der Waals surface area contributed by atoms with Crippen LogP contribution in [-0.2, 0) is 4.74 Å². The average molecular weight is 315 g/mol. The van der Waals surface area contributed by atoms with Crippen molar-refractivity contribution in [3.8, 4) is 11.5 Å². The lowest BCUT2D eigenvalue weighted by atomic mass is 10.3. The molecule has 0 spiro atoms. The smallest absolute Gasteiger partial charge is 0.203 e. The molecule has 0 atom stereocenters. The first-order chi connectivity index (χ1) is 8.29. The highest BCUT2D eigenvalue weighted by Crippen LogP contribution is 2.20. The molecule has 2 rings (SSSR count). The van der Waals surface area contributed by atoms with Gasteiger partial charge in [0.25, 0.3) is 0 Å². The summed E-state index contributed by atoms with van der Waals surface area (Å²) in [5.41, 5.74) is 0.768. The quantitative estimate of drug-likeness (QED) is 0.859. The SMILES string of the molecule is COCCNc1nc(-c2ccc(Br)cn2)ns1. The van der Waals surface area contributed by atoms with Crippen LogP contribution in [0.15, 0.2) is 22.8 Å². The molecule has 2 aromatic rings. The van der Waals surface area contributed by atoms with Crippen molar-refractivity contribution >= 4 is 32.6 Å². The van der Waals surface area contributed by atoms with E-state index in [1.165, 1.54) is 11.5 Å². The highest BCUT2D eigenvalue weighted by Gasteiger charge is 2.06. The molecule has 0 aromatic carbocycles. The van der Waals surface area contributed by atoms with Crippen LogP contribution in [0.2, 0.25) is 0 Å². The maximum Gasteiger partial charge on any atom is 0.203 e. The zero-order valence-electron chi connectivity index (χ0n) is 9.18. The summed E-state index contributed by atoms with van der Waals surface area (Å²) in [6.07, 6.45) is 1.73. The van der Waals surface area contributed by atoms with Crippen molar-refractivity contribution in [3.63, 3.8) is 0 Å². The average Bonchev–Trinajstić information content (AvgIpc) is 2.79. The molecule has 0 bridgehead atoms. The number of anilines is 1. The van der Waals surface area contributed by atoms with Gasteiger partial charge < -0.3 is 10.1 Å². The van der Waals surface area contributed by atoms with Gasteiger partial charge in [0.1, 0.15) is 5.69 Å². The zero-order valence-corrected chi connectivity index (χ0v) is 11.6. The van der Waals surface area contributed by atoms with Gasteiger partial charge in [-0.2, -0.15) is 9.36 Å². The van der Waals surface area contributed by atoms with Crippen LogP contribution < -0.4 is 5.32 Å². The summed E-state index contributed by atoms with van der Waals surface area (Å²) in [5, 5.41) is 3.91. The summed E-state index contributed by atoms with van der Waals surface area (Å²) in [5.74, 6) is 0.641. The molecular weight excluding hydrogens is 304 g/mol. The summed E-state index contributed by atoms with van der Waals surface area (Å²) in [6.45, 7) is 1.37. The number of methoxy groups -OCH3 is 1. The predicted octanol–water partition coefficient (Wildman–Crippen LogP) is 2.42. The lowest BCUT2D eigenvalue weighted by Crippen LogP contribution is -2.07. The molecule has 0 aliphatic carbocycles. The van der Waals surface area contributed by atoms with Gasteiger partial charge >= 0.3 is 0 Å². The third-order valence-electron chi connectivity index (χ3n) is 1.96. The van der Waals surface area contributed by atoms with Gasteiger partial charge in [0.2, 0.25) is 5.13 Å². The van der Waals surface area contributed by atoms with Gasteiger partial charge in [0, 0.05) is 35.9 Å². The van der Waals surface area contributed by atoms with E-state index in [9.17, 15) is 0 Å². The second-order valence-electron chi connectivity index (χ2n) is 3.20. The fourth-order valence-electron chi connectivity index (χ4n) is 1.17. The van der Waals surface area contributed by atoms with Crippen molar-refractivity contribution in [1.82, 2.24) is 14.3 Å². The fourth-order valence-corrected chi connectivity index (χ4v) is 2.00. The number of hydrogen-bond donors (Lipinski definition) is 1. The van der Waals surface area contributed by atoms with Crippen molar-refractivity contribution in [2.45, 2.75) is 0 Å². The summed E-state index contributed by atoms with van der Waals surface area (Å²) in [7, 11) is 1.67. The van der Waals surface area contributed by atoms with Gasteiger partial charge in [-0.25, -0.2) is 0 Å². The summed E-state index contributed by atoms with van der Waals surface area (Å²) in [6, 6.07) is 3.80. The number of rotatable bonds is 5. The van der Waals surface area contributed by atoms with E-state index >= 15 is 0 Å². The molecule has 0 fully saturated rings. The van der Waals surface area contributed by atoms with Crippen LogP contribution in [0.3, 0.4) is 0 Å². The fraction of sp³-hybridized carbons (Fsp3) is 0.300. The number of hydrogen-bond acceptors (Lipinski definition) is 6. The molecule has 5 nitrogen and oxygen atoms in total. The third kappa shape index (κ3) is 3.45. The Labute approximate surface area is 112 Å². The maximum atomic E-state index is 4.94. The number of nitrogens with one attached hydrogen (secondary N) is 1. The largest absolute Gasteiger partial charge is 0.383 e. The molecule has 0 aliphatic heterocycles. The van der Waals surface area contributed by atoms with E-state index in [4.69, 9.17) is 4.74 Å². The van der Waals surface area contributed by atoms with E-state index in [1.54, 1.807) is 13.3 Å². The highest BCUT2D eigenvalue weighted by atomic mass is 79.9. The van der Waals surface area contributed by atoms with Gasteiger partial charge in [-0.05, 0) is 28.1 Å². The molecule has 0 radical (unpaired) electrons. The number of aromatic nitrogens is 3. The Kier molecular flexibility index (Phi) is 4.41. The van der Waals surface area contributed by atoms with Crippen molar-refractivity contribution in [3.05, 3.63) is 22.8 Å². The monoisotopic (exact) mass is 314 g/mol. The predicted molar refractivity (Wildman–Crippen MR) is 71.2 cm³/mol. The minimum atomic E-state index is 0.641. The van der Waals surface area contributed by atoms with E-state index in [1.807, 2.05) is 12.1 Å². The number of nitrogens with zero attached hydrogens (tertiary/aromatic N) is 3. The lowest BCUT2D eigenvalue weighted by Gasteiger charge is -1.99. The van der Waals surface area contributed by atoms with Crippen LogP contribution in [0.25, 0.3) is 11.5 Å². The third-order valence-corrected chi connectivity index (χ3v) is 3.11. The first kappa shape index (κ1) is 12.4. The van der Waals surface area contributed by atoms with E-state index < -0.39 is 0 Å². The van der Waals surface area contributed by atoms with Crippen molar-refractivity contribution in [1.29, 1.82) is 0 Å². The summed E-state index contributed by atoms with van der Waals surface area (Å²) >= 11 is 4.66. The maximum absolute atomic E-state index is 4.94. The standard InChI is InChI=1S/C10H11BrN4OS/c1-16-5-4-12-10-14-9(15-17-10)8-3-2-7(11)6-13-8/h2-3,6H,4-5H2,1H3,(H,12,14,15). The lowest BCUT2D eigenvalue weighted by molar-refractivity contribution is 0.211. The first-order valence-corrected chi connectivity index (χ1v) is 6.54. The van der Waals surface area contributed by atoms with Crippen LogP contribution in [0, 0.1) is 0 Å². The summed E-state index contributed by atoms with van der Waals surface area (Å²) < 4.78 is 10.1. The Balaban J connectivity index is 2.04. The molecule has 7 heteroatoms. The normalized spacial score (nSPS) is 10.5. The Bertz CT molecular complexity index is 473.